The molecule has 1 N–H and O–H groups in total. The van der Waals surface area contributed by atoms with Crippen LogP contribution in [0.3, 0.4) is 0 Å². The van der Waals surface area contributed by atoms with Crippen molar-refractivity contribution in [2.45, 2.75) is 216 Å². The van der Waals surface area contributed by atoms with Gasteiger partial charge >= 0.3 is 0 Å². The van der Waals surface area contributed by atoms with Gasteiger partial charge in [0, 0.05) is 16.7 Å². The molecule has 0 amide bonds. The van der Waals surface area contributed by atoms with E-state index >= 15 is 0 Å². The average molecular weight is 1390 g/mol. The van der Waals surface area contributed by atoms with E-state index in [0.29, 0.717) is 76.0 Å². The maximum Gasteiger partial charge on any atom is 0.264 e. The van der Waals surface area contributed by atoms with Crippen molar-refractivity contribution in [3.05, 3.63) is 160 Å². The van der Waals surface area contributed by atoms with Crippen molar-refractivity contribution < 1.29 is 58.4 Å². The molecule has 6 aromatic rings. The summed E-state index contributed by atoms with van der Waals surface area (Å²) in [6.45, 7) is 52.4. The van der Waals surface area contributed by atoms with Gasteiger partial charge < -0.3 is 32.6 Å². The second-order valence-corrected chi connectivity index (χ2v) is 49.0. The van der Waals surface area contributed by atoms with Crippen LogP contribution >= 0.6 is 11.6 Å². The van der Waals surface area contributed by atoms with Crippen LogP contribution in [0.4, 0.5) is 13.2 Å². The molecule has 10 nitrogen and oxygen atoms in total. The third-order valence-corrected chi connectivity index (χ3v) is 33.3. The van der Waals surface area contributed by atoms with E-state index in [-0.39, 0.29) is 37.5 Å². The third-order valence-electron chi connectivity index (χ3n) is 18.4. The third kappa shape index (κ3) is 22.1. The molecule has 0 aliphatic heterocycles. The van der Waals surface area contributed by atoms with Gasteiger partial charge in [-0.25, -0.2) is 13.2 Å². The van der Waals surface area contributed by atoms with Gasteiger partial charge in [0.1, 0.15) is 40.8 Å². The summed E-state index contributed by atoms with van der Waals surface area (Å²) >= 11 is 6.91. The van der Waals surface area contributed by atoms with Crippen LogP contribution < -0.4 is 14.2 Å². The molecule has 0 aliphatic rings. The molecule has 6 rings (SSSR count). The van der Waals surface area contributed by atoms with Gasteiger partial charge in [0.05, 0.1) is 58.9 Å². The quantitative estimate of drug-likeness (QED) is 0.0450. The number of rotatable bonds is 20. The molecule has 6 aromatic carbocycles. The van der Waals surface area contributed by atoms with Gasteiger partial charge in [-0.2, -0.15) is 8.42 Å². The molecule has 0 bridgehead atoms. The second kappa shape index (κ2) is 31.4. The maximum absolute atomic E-state index is 15.0. The van der Waals surface area contributed by atoms with Gasteiger partial charge in [0.15, 0.2) is 25.0 Å². The van der Waals surface area contributed by atoms with E-state index < -0.39 is 63.9 Å². The number of ether oxygens (including phenoxy) is 3. The molecule has 0 aromatic heterocycles. The largest absolute Gasteiger partial charge is 0.497 e. The Hall–Kier alpha value is -4.80. The summed E-state index contributed by atoms with van der Waals surface area (Å²) in [4.78, 5) is 0. The number of benzene rings is 6. The number of hydrogen-bond acceptors (Lipinski definition) is 10. The van der Waals surface area contributed by atoms with Gasteiger partial charge in [0.2, 0.25) is 0 Å². The van der Waals surface area contributed by atoms with Crippen LogP contribution in [0.25, 0.3) is 33.4 Å². The van der Waals surface area contributed by atoms with Crippen LogP contribution in [0, 0.1) is 33.7 Å². The highest BCUT2D eigenvalue weighted by molar-refractivity contribution is 7.86. The molecule has 18 heteroatoms. The van der Waals surface area contributed by atoms with Gasteiger partial charge in [-0.1, -0.05) is 179 Å². The van der Waals surface area contributed by atoms with Crippen LogP contribution in [0.2, 0.25) is 54.4 Å². The van der Waals surface area contributed by atoms with Gasteiger partial charge in [0.25, 0.3) is 10.1 Å². The molecule has 0 aliphatic carbocycles. The lowest BCUT2D eigenvalue weighted by Gasteiger charge is -2.36. The Morgan fingerprint density at radius 1 is 0.415 bits per heavy atom. The average Bonchev–Trinajstić information content (AvgIpc) is 0.804. The van der Waals surface area contributed by atoms with Gasteiger partial charge in [-0.3, -0.25) is 4.18 Å². The number of aliphatic hydroxyl groups excluding tert-OH is 1. The van der Waals surface area contributed by atoms with E-state index in [4.69, 9.17) is 43.3 Å². The number of hydrogen-bond donors (Lipinski definition) is 1. The summed E-state index contributed by atoms with van der Waals surface area (Å²) in [7, 11) is -4.92. The topological polar surface area (TPSA) is 119 Å². The Bertz CT molecular complexity index is 3480. The first-order valence-corrected chi connectivity index (χ1v) is 43.2. The van der Waals surface area contributed by atoms with Crippen LogP contribution in [0.15, 0.2) is 109 Å². The Labute approximate surface area is 572 Å². The summed E-state index contributed by atoms with van der Waals surface area (Å²) in [6.07, 6.45) is -0.566. The monoisotopic (exact) mass is 1390 g/mol. The fraction of sp³-hybridized carbons (Fsp3) is 0.526. The standard InChI is InChI=1S/C26H39FO5SSi.C25H36ClFO2Si.C25H37FO3Si/c1-25(2,3)24(32-33(8,28)29)22-15-18(17-31-34(9,10)26(4,5)6)11-13-20(22)21-16-19(30-7)12-14-23(21)27;1-24(2,3)23(26)21-14-17(16-29-30(8,9)25(4,5)6)10-12-19(21)20-15-18(28-7)11-13-22(20)27;1-24(2,3)23(27)21-14-17(16-29-30(8,9)25(4,5)6)10-12-19(21)20-15-18(28-7)11-13-22(20)26/h11-16,24H,17H2,1-10H3;10-15,23H,16H2,1-9H3;10-15,23,27H,16H2,1-9H3. The molecule has 0 fully saturated rings. The first kappa shape index (κ1) is 81.6. The lowest BCUT2D eigenvalue weighted by Crippen LogP contribution is -2.40. The lowest BCUT2D eigenvalue weighted by molar-refractivity contribution is 0.0630. The highest BCUT2D eigenvalue weighted by Crippen LogP contribution is 2.48. The number of alkyl halides is 1. The van der Waals surface area contributed by atoms with Crippen molar-refractivity contribution in [2.75, 3.05) is 27.6 Å². The molecule has 0 spiro atoms. The molecule has 3 atom stereocenters. The first-order valence-electron chi connectivity index (χ1n) is 32.2. The molecule has 94 heavy (non-hydrogen) atoms. The van der Waals surface area contributed by atoms with E-state index in [1.807, 2.05) is 90.1 Å². The molecule has 0 heterocycles. The Morgan fingerprint density at radius 2 is 0.702 bits per heavy atom. The molecule has 0 saturated heterocycles. The van der Waals surface area contributed by atoms with E-state index in [1.54, 1.807) is 50.6 Å². The first-order chi connectivity index (χ1) is 42.7. The maximum atomic E-state index is 15.0. The lowest BCUT2D eigenvalue weighted by atomic mass is 9.81. The van der Waals surface area contributed by atoms with Crippen LogP contribution in [-0.2, 0) is 47.4 Å². The molecular formula is C76H112ClF3O10SSi3. The second-order valence-electron chi connectivity index (χ2n) is 32.5. The van der Waals surface area contributed by atoms with Crippen molar-refractivity contribution in [3.8, 4) is 50.6 Å². The van der Waals surface area contributed by atoms with Crippen molar-refractivity contribution in [2.24, 2.45) is 16.2 Å². The van der Waals surface area contributed by atoms with E-state index in [9.17, 15) is 26.7 Å². The molecular weight excluding hydrogens is 1280 g/mol. The minimum Gasteiger partial charge on any atom is -0.497 e. The molecule has 522 valence electrons. The van der Waals surface area contributed by atoms with E-state index in [1.165, 1.54) is 25.3 Å². The Kier molecular flexibility index (Phi) is 27.2. The minimum absolute atomic E-state index is 0.0484. The van der Waals surface area contributed by atoms with Crippen LogP contribution in [0.1, 0.15) is 176 Å². The van der Waals surface area contributed by atoms with Gasteiger partial charge in [-0.15, -0.1) is 11.6 Å². The highest BCUT2D eigenvalue weighted by atomic mass is 35.5. The minimum atomic E-state index is -3.79. The highest BCUT2D eigenvalue weighted by Gasteiger charge is 2.40. The summed E-state index contributed by atoms with van der Waals surface area (Å²) in [5, 5.41) is 11.1. The van der Waals surface area contributed by atoms with E-state index in [0.717, 1.165) is 34.1 Å². The predicted molar refractivity (Wildman–Crippen MR) is 392 cm³/mol. The molecule has 0 saturated carbocycles. The zero-order valence-corrected chi connectivity index (χ0v) is 66.4. The summed E-state index contributed by atoms with van der Waals surface area (Å²) in [5.74, 6) is 0.629. The van der Waals surface area contributed by atoms with Crippen LogP contribution in [-0.4, -0.2) is 66.1 Å². The smallest absolute Gasteiger partial charge is 0.264 e. The van der Waals surface area contributed by atoms with E-state index in [2.05, 4.69) is 128 Å². The SMILES string of the molecule is COc1ccc(F)c(-c2ccc(CO[Si](C)(C)C(C)(C)C)cc2C(Cl)C(C)(C)C)c1.COc1ccc(F)c(-c2ccc(CO[Si](C)(C)C(C)(C)C)cc2C(O)C(C)(C)C)c1.COc1ccc(F)c(-c2ccc(CO[Si](C)(C)C(C)(C)C)cc2C(OS(C)(=O)=O)C(C)(C)C)c1. The predicted octanol–water partition coefficient (Wildman–Crippen LogP) is 22.5. The normalized spacial score (nSPS) is 14.1. The number of methoxy groups -OCH3 is 3. The zero-order chi connectivity index (χ0) is 71.9. The zero-order valence-electron chi connectivity index (χ0n) is 61.8. The molecule has 0 radical (unpaired) electrons. The van der Waals surface area contributed by atoms with Crippen molar-refractivity contribution in [1.29, 1.82) is 0 Å². The fourth-order valence-electron chi connectivity index (χ4n) is 9.22. The van der Waals surface area contributed by atoms with Crippen molar-refractivity contribution in [1.82, 2.24) is 0 Å². The summed E-state index contributed by atoms with van der Waals surface area (Å²) in [6, 6.07) is 31.4. The summed E-state index contributed by atoms with van der Waals surface area (Å²) in [5.41, 5.74) is 7.16. The van der Waals surface area contributed by atoms with Crippen LogP contribution in [0.5, 0.6) is 17.2 Å². The van der Waals surface area contributed by atoms with Gasteiger partial charge in [-0.05, 0) is 175 Å². The fourth-order valence-corrected chi connectivity index (χ4v) is 13.0. The number of halogens is 4. The molecule has 3 unspecified atom stereocenters. The summed E-state index contributed by atoms with van der Waals surface area (Å²) < 4.78 is 109. The Morgan fingerprint density at radius 3 is 0.968 bits per heavy atom. The number of aliphatic hydroxyl groups is 1. The van der Waals surface area contributed by atoms with Crippen molar-refractivity contribution >= 4 is 46.7 Å². The van der Waals surface area contributed by atoms with Crippen molar-refractivity contribution in [3.63, 3.8) is 0 Å². The Balaban J connectivity index is 0.000000301.